The van der Waals surface area contributed by atoms with Crippen molar-refractivity contribution in [3.63, 3.8) is 0 Å². The second-order valence-corrected chi connectivity index (χ2v) is 5.96. The fraction of sp³-hybridized carbons (Fsp3) is 0.150. The monoisotopic (exact) mass is 287 g/mol. The number of hydrogen-bond acceptors (Lipinski definition) is 0. The van der Waals surface area contributed by atoms with Crippen LogP contribution in [-0.4, -0.2) is 4.57 Å². The van der Waals surface area contributed by atoms with Crippen LogP contribution in [0.25, 0.3) is 33.1 Å². The standard InChI is InChI=1S/C20H19N2/c1-14-12-20-17(15-8-4-5-10-19(15)22(20)3)13-16(14)18-9-6-7-11-21(18)2/h4-13H,1-3H3/q+1. The first kappa shape index (κ1) is 13.1. The summed E-state index contributed by atoms with van der Waals surface area (Å²) in [7, 11) is 4.24. The summed E-state index contributed by atoms with van der Waals surface area (Å²) in [5, 5.41) is 2.64. The number of benzene rings is 2. The molecule has 0 aliphatic carbocycles. The zero-order chi connectivity index (χ0) is 15.3. The first-order chi connectivity index (χ1) is 10.7. The summed E-state index contributed by atoms with van der Waals surface area (Å²) in [6.07, 6.45) is 2.10. The molecule has 2 heteroatoms. The van der Waals surface area contributed by atoms with E-state index in [4.69, 9.17) is 0 Å². The molecule has 4 rings (SSSR count). The lowest BCUT2D eigenvalue weighted by Crippen LogP contribution is -2.30. The van der Waals surface area contributed by atoms with Gasteiger partial charge in [-0.1, -0.05) is 18.2 Å². The normalized spacial score (nSPS) is 11.4. The minimum Gasteiger partial charge on any atom is -0.344 e. The van der Waals surface area contributed by atoms with Gasteiger partial charge in [0.05, 0.1) is 0 Å². The van der Waals surface area contributed by atoms with Crippen LogP contribution < -0.4 is 4.57 Å². The summed E-state index contributed by atoms with van der Waals surface area (Å²) in [5.74, 6) is 0. The van der Waals surface area contributed by atoms with E-state index in [-0.39, 0.29) is 0 Å². The lowest BCUT2D eigenvalue weighted by atomic mass is 10.0. The predicted molar refractivity (Wildman–Crippen MR) is 91.8 cm³/mol. The van der Waals surface area contributed by atoms with E-state index in [0.717, 1.165) is 0 Å². The molecule has 0 unspecified atom stereocenters. The highest BCUT2D eigenvalue weighted by molar-refractivity contribution is 6.09. The molecule has 0 atom stereocenters. The summed E-state index contributed by atoms with van der Waals surface area (Å²) >= 11 is 0. The van der Waals surface area contributed by atoms with Crippen LogP contribution in [0.1, 0.15) is 5.56 Å². The fourth-order valence-corrected chi connectivity index (χ4v) is 3.39. The van der Waals surface area contributed by atoms with E-state index < -0.39 is 0 Å². The van der Waals surface area contributed by atoms with Crippen LogP contribution in [0.2, 0.25) is 0 Å². The molecular formula is C20H19N2+. The molecule has 0 saturated carbocycles. The molecule has 0 N–H and O–H groups in total. The molecule has 2 aromatic heterocycles. The van der Waals surface area contributed by atoms with E-state index in [1.165, 1.54) is 38.6 Å². The second-order valence-electron chi connectivity index (χ2n) is 5.96. The number of nitrogens with zero attached hydrogens (tertiary/aromatic N) is 2. The predicted octanol–water partition coefficient (Wildman–Crippen LogP) is 4.13. The highest BCUT2D eigenvalue weighted by Crippen LogP contribution is 2.33. The second kappa shape index (κ2) is 4.70. The average molecular weight is 287 g/mol. The summed E-state index contributed by atoms with van der Waals surface area (Å²) in [4.78, 5) is 0. The van der Waals surface area contributed by atoms with Gasteiger partial charge in [-0.3, -0.25) is 0 Å². The molecule has 0 bridgehead atoms. The Balaban J connectivity index is 2.12. The van der Waals surface area contributed by atoms with Crippen molar-refractivity contribution in [2.24, 2.45) is 14.1 Å². The molecule has 22 heavy (non-hydrogen) atoms. The van der Waals surface area contributed by atoms with Crippen LogP contribution in [0.15, 0.2) is 60.8 Å². The summed E-state index contributed by atoms with van der Waals surface area (Å²) in [6.45, 7) is 2.19. The zero-order valence-corrected chi connectivity index (χ0v) is 13.2. The van der Waals surface area contributed by atoms with Crippen LogP contribution >= 0.6 is 0 Å². The maximum absolute atomic E-state index is 2.34. The molecule has 0 aliphatic heterocycles. The van der Waals surface area contributed by atoms with Crippen molar-refractivity contribution in [1.82, 2.24) is 4.57 Å². The summed E-state index contributed by atoms with van der Waals surface area (Å²) < 4.78 is 4.46. The van der Waals surface area contributed by atoms with Gasteiger partial charge in [0, 0.05) is 46.5 Å². The Bertz CT molecular complexity index is 1010. The molecule has 0 spiro atoms. The van der Waals surface area contributed by atoms with Crippen molar-refractivity contribution in [3.8, 4) is 11.3 Å². The van der Waals surface area contributed by atoms with Gasteiger partial charge in [-0.2, -0.15) is 0 Å². The van der Waals surface area contributed by atoms with Gasteiger partial charge in [0.15, 0.2) is 6.20 Å². The van der Waals surface area contributed by atoms with E-state index in [2.05, 4.69) is 90.9 Å². The number of fused-ring (bicyclic) bond motifs is 3. The van der Waals surface area contributed by atoms with Crippen molar-refractivity contribution < 1.29 is 4.57 Å². The van der Waals surface area contributed by atoms with Gasteiger partial charge < -0.3 is 4.57 Å². The van der Waals surface area contributed by atoms with E-state index in [9.17, 15) is 0 Å². The lowest BCUT2D eigenvalue weighted by Gasteiger charge is -2.06. The molecule has 2 aromatic carbocycles. The van der Waals surface area contributed by atoms with E-state index >= 15 is 0 Å². The van der Waals surface area contributed by atoms with Gasteiger partial charge in [0.1, 0.15) is 7.05 Å². The molecule has 2 heterocycles. The Labute approximate surface area is 130 Å². The Morgan fingerprint density at radius 3 is 2.45 bits per heavy atom. The minimum absolute atomic E-state index is 1.25. The number of rotatable bonds is 1. The molecule has 0 saturated heterocycles. The zero-order valence-electron chi connectivity index (χ0n) is 13.2. The Morgan fingerprint density at radius 1 is 0.864 bits per heavy atom. The quantitative estimate of drug-likeness (QED) is 0.465. The van der Waals surface area contributed by atoms with E-state index in [1.807, 2.05) is 0 Å². The Hall–Kier alpha value is -2.61. The Kier molecular flexibility index (Phi) is 2.80. The maximum Gasteiger partial charge on any atom is 0.212 e. The average Bonchev–Trinajstić information content (AvgIpc) is 2.80. The van der Waals surface area contributed by atoms with Crippen molar-refractivity contribution in [2.45, 2.75) is 6.92 Å². The van der Waals surface area contributed by atoms with Crippen molar-refractivity contribution >= 4 is 21.8 Å². The summed E-state index contributed by atoms with van der Waals surface area (Å²) in [6, 6.07) is 19.6. The molecule has 0 amide bonds. The van der Waals surface area contributed by atoms with Crippen LogP contribution in [-0.2, 0) is 14.1 Å². The van der Waals surface area contributed by atoms with Crippen molar-refractivity contribution in [2.75, 3.05) is 0 Å². The van der Waals surface area contributed by atoms with Crippen molar-refractivity contribution in [3.05, 3.63) is 66.4 Å². The molecule has 4 aromatic rings. The van der Waals surface area contributed by atoms with Gasteiger partial charge in [-0.15, -0.1) is 0 Å². The van der Waals surface area contributed by atoms with E-state index in [0.29, 0.717) is 0 Å². The molecule has 0 aliphatic rings. The summed E-state index contributed by atoms with van der Waals surface area (Å²) in [5.41, 5.74) is 6.43. The largest absolute Gasteiger partial charge is 0.344 e. The van der Waals surface area contributed by atoms with E-state index in [1.54, 1.807) is 0 Å². The number of para-hydroxylation sites is 1. The van der Waals surface area contributed by atoms with Gasteiger partial charge in [0.25, 0.3) is 0 Å². The highest BCUT2D eigenvalue weighted by atomic mass is 14.9. The van der Waals surface area contributed by atoms with Crippen LogP contribution in [0.5, 0.6) is 0 Å². The van der Waals surface area contributed by atoms with Gasteiger partial charge >= 0.3 is 0 Å². The Morgan fingerprint density at radius 2 is 1.64 bits per heavy atom. The maximum atomic E-state index is 2.34. The smallest absolute Gasteiger partial charge is 0.212 e. The fourth-order valence-electron chi connectivity index (χ4n) is 3.39. The SMILES string of the molecule is Cc1cc2c(cc1-c1cccc[n+]1C)c1ccccc1n2C. The molecule has 2 nitrogen and oxygen atoms in total. The number of hydrogen-bond donors (Lipinski definition) is 0. The van der Waals surface area contributed by atoms with Gasteiger partial charge in [-0.25, -0.2) is 4.57 Å². The molecule has 0 radical (unpaired) electrons. The van der Waals surface area contributed by atoms with Crippen LogP contribution in [0.4, 0.5) is 0 Å². The highest BCUT2D eigenvalue weighted by Gasteiger charge is 2.15. The third-order valence-corrected chi connectivity index (χ3v) is 4.59. The van der Waals surface area contributed by atoms with Gasteiger partial charge in [0.2, 0.25) is 5.69 Å². The third-order valence-electron chi connectivity index (χ3n) is 4.59. The first-order valence-electron chi connectivity index (χ1n) is 7.59. The van der Waals surface area contributed by atoms with Crippen molar-refractivity contribution in [1.29, 1.82) is 0 Å². The number of aryl methyl sites for hydroxylation is 3. The molecule has 0 fully saturated rings. The van der Waals surface area contributed by atoms with Crippen LogP contribution in [0.3, 0.4) is 0 Å². The number of pyridine rings is 1. The minimum atomic E-state index is 1.25. The molecular weight excluding hydrogens is 268 g/mol. The van der Waals surface area contributed by atoms with Crippen LogP contribution in [0, 0.1) is 6.92 Å². The first-order valence-corrected chi connectivity index (χ1v) is 7.59. The number of aromatic nitrogens is 2. The third kappa shape index (κ3) is 1.77. The topological polar surface area (TPSA) is 8.81 Å². The van der Waals surface area contributed by atoms with Gasteiger partial charge in [-0.05, 0) is 36.8 Å². The lowest BCUT2D eigenvalue weighted by molar-refractivity contribution is -0.660. The molecule has 108 valence electrons.